The summed E-state index contributed by atoms with van der Waals surface area (Å²) in [7, 11) is 0. The van der Waals surface area contributed by atoms with Crippen LogP contribution in [0.4, 0.5) is 5.69 Å². The molecule has 1 aliphatic heterocycles. The van der Waals surface area contributed by atoms with Gasteiger partial charge in [-0.3, -0.25) is 0 Å². The first-order chi connectivity index (χ1) is 8.56. The van der Waals surface area contributed by atoms with Gasteiger partial charge in [0, 0.05) is 5.75 Å². The van der Waals surface area contributed by atoms with E-state index in [1.807, 2.05) is 49.2 Å². The number of hydrazone groups is 1. The zero-order valence-electron chi connectivity index (χ0n) is 10.6. The number of nitrogens with zero attached hydrogens (tertiary/aromatic N) is 2. The van der Waals surface area contributed by atoms with Gasteiger partial charge in [-0.05, 0) is 32.4 Å². The number of hydrogen-bond donors (Lipinski definition) is 3. The van der Waals surface area contributed by atoms with Crippen LogP contribution >= 0.6 is 11.8 Å². The Hall–Kier alpha value is -1.24. The predicted octanol–water partition coefficient (Wildman–Crippen LogP) is 1.68. The van der Waals surface area contributed by atoms with Gasteiger partial charge in [-0.1, -0.05) is 30.0 Å². The molecule has 0 aromatic heterocycles. The third-order valence-electron chi connectivity index (χ3n) is 2.46. The molecule has 0 atom stereocenters. The summed E-state index contributed by atoms with van der Waals surface area (Å²) in [4.78, 5) is 0. The van der Waals surface area contributed by atoms with E-state index in [1.54, 1.807) is 11.8 Å². The van der Waals surface area contributed by atoms with Crippen molar-refractivity contribution in [2.24, 2.45) is 5.10 Å². The van der Waals surface area contributed by atoms with Gasteiger partial charge in [0.1, 0.15) is 0 Å². The van der Waals surface area contributed by atoms with E-state index in [0.717, 1.165) is 23.0 Å². The Balaban J connectivity index is 1.92. The van der Waals surface area contributed by atoms with Crippen LogP contribution in [-0.4, -0.2) is 21.6 Å². The number of nitrogens with one attached hydrogen (secondary N) is 2. The fourth-order valence-corrected chi connectivity index (χ4v) is 2.64. The number of para-hydroxylation sites is 1. The van der Waals surface area contributed by atoms with Crippen LogP contribution in [0.5, 0.6) is 0 Å². The normalized spacial score (nSPS) is 15.5. The predicted molar refractivity (Wildman–Crippen MR) is 76.0 cm³/mol. The van der Waals surface area contributed by atoms with E-state index >= 15 is 0 Å². The van der Waals surface area contributed by atoms with Gasteiger partial charge in [0.05, 0.1) is 11.3 Å². The first-order valence-corrected chi connectivity index (χ1v) is 6.83. The number of rotatable bonds is 4. The maximum atomic E-state index is 9.68. The van der Waals surface area contributed by atoms with Crippen LogP contribution < -0.4 is 16.1 Å². The Morgan fingerprint density at radius 1 is 1.33 bits per heavy atom. The summed E-state index contributed by atoms with van der Waals surface area (Å²) in [6.45, 7) is 3.63. The Morgan fingerprint density at radius 2 is 2.06 bits per heavy atom. The first kappa shape index (κ1) is 13.2. The van der Waals surface area contributed by atoms with Crippen molar-refractivity contribution < 1.29 is 5.11 Å². The second-order valence-corrected chi connectivity index (χ2v) is 5.76. The van der Waals surface area contributed by atoms with E-state index in [9.17, 15) is 5.11 Å². The molecular formula is C12H18N4OS. The molecule has 0 fully saturated rings. The third-order valence-corrected chi connectivity index (χ3v) is 3.40. The van der Waals surface area contributed by atoms with E-state index < -0.39 is 5.60 Å². The lowest BCUT2D eigenvalue weighted by Gasteiger charge is -2.20. The molecule has 5 nitrogen and oxygen atoms in total. The highest BCUT2D eigenvalue weighted by Gasteiger charge is 2.20. The lowest BCUT2D eigenvalue weighted by Crippen LogP contribution is -2.40. The smallest absolute Gasteiger partial charge is 0.205 e. The summed E-state index contributed by atoms with van der Waals surface area (Å²) in [6.07, 6.45) is 0.722. The minimum absolute atomic E-state index is 0.634. The highest BCUT2D eigenvalue weighted by atomic mass is 32.2. The monoisotopic (exact) mass is 266 g/mol. The van der Waals surface area contributed by atoms with E-state index in [4.69, 9.17) is 0 Å². The molecule has 0 bridgehead atoms. The number of thioether (sulfide) groups is 1. The van der Waals surface area contributed by atoms with E-state index in [0.29, 0.717) is 0 Å². The molecule has 98 valence electrons. The van der Waals surface area contributed by atoms with Crippen molar-refractivity contribution in [3.05, 3.63) is 30.3 Å². The van der Waals surface area contributed by atoms with E-state index in [-0.39, 0.29) is 0 Å². The van der Waals surface area contributed by atoms with Crippen molar-refractivity contribution in [1.82, 2.24) is 11.1 Å². The summed E-state index contributed by atoms with van der Waals surface area (Å²) < 4.78 is 0. The van der Waals surface area contributed by atoms with Crippen LogP contribution in [0.15, 0.2) is 35.4 Å². The van der Waals surface area contributed by atoms with Crippen LogP contribution in [0, 0.1) is 0 Å². The molecule has 0 spiro atoms. The van der Waals surface area contributed by atoms with Gasteiger partial charge in [-0.25, -0.2) is 10.5 Å². The third kappa shape index (κ3) is 3.63. The van der Waals surface area contributed by atoms with Gasteiger partial charge in [0.2, 0.25) is 5.17 Å². The molecule has 1 aromatic carbocycles. The SMILES string of the molecule is CC(C)(O)CCSC1=NNNN1c1ccccc1. The fraction of sp³-hybridized carbons (Fsp3) is 0.417. The average Bonchev–Trinajstić information content (AvgIpc) is 2.77. The van der Waals surface area contributed by atoms with Gasteiger partial charge in [0.15, 0.2) is 0 Å². The van der Waals surface area contributed by atoms with Crippen molar-refractivity contribution in [2.45, 2.75) is 25.9 Å². The minimum atomic E-state index is -0.634. The molecule has 3 N–H and O–H groups in total. The highest BCUT2D eigenvalue weighted by molar-refractivity contribution is 8.14. The molecular weight excluding hydrogens is 248 g/mol. The molecule has 1 aromatic rings. The number of amidine groups is 1. The summed E-state index contributed by atoms with van der Waals surface area (Å²) in [5, 5.41) is 16.6. The number of aliphatic hydroxyl groups is 1. The molecule has 0 radical (unpaired) electrons. The van der Waals surface area contributed by atoms with Crippen molar-refractivity contribution >= 4 is 22.6 Å². The Bertz CT molecular complexity index is 416. The second-order valence-electron chi connectivity index (χ2n) is 4.70. The van der Waals surface area contributed by atoms with Crippen molar-refractivity contribution in [3.8, 4) is 0 Å². The Labute approximate surface area is 111 Å². The van der Waals surface area contributed by atoms with Crippen molar-refractivity contribution in [1.29, 1.82) is 0 Å². The molecule has 0 saturated carbocycles. The summed E-state index contributed by atoms with van der Waals surface area (Å²) in [5.74, 6) is 0.815. The highest BCUT2D eigenvalue weighted by Crippen LogP contribution is 2.21. The Morgan fingerprint density at radius 3 is 2.72 bits per heavy atom. The van der Waals surface area contributed by atoms with Crippen LogP contribution in [0.3, 0.4) is 0 Å². The molecule has 0 amide bonds. The zero-order chi connectivity index (χ0) is 13.0. The number of hydrogen-bond acceptors (Lipinski definition) is 6. The van der Waals surface area contributed by atoms with Gasteiger partial charge < -0.3 is 5.11 Å². The molecule has 0 saturated heterocycles. The second kappa shape index (κ2) is 5.60. The molecule has 1 aliphatic rings. The summed E-state index contributed by atoms with van der Waals surface area (Å²) in [6, 6.07) is 9.95. The van der Waals surface area contributed by atoms with Gasteiger partial charge >= 0.3 is 0 Å². The van der Waals surface area contributed by atoms with Crippen LogP contribution in [-0.2, 0) is 0 Å². The minimum Gasteiger partial charge on any atom is -0.390 e. The van der Waals surface area contributed by atoms with Gasteiger partial charge in [0.25, 0.3) is 0 Å². The van der Waals surface area contributed by atoms with Gasteiger partial charge in [-0.2, -0.15) is 0 Å². The lowest BCUT2D eigenvalue weighted by molar-refractivity contribution is 0.0778. The molecule has 6 heteroatoms. The maximum absolute atomic E-state index is 9.68. The van der Waals surface area contributed by atoms with E-state index in [2.05, 4.69) is 16.2 Å². The van der Waals surface area contributed by atoms with Crippen LogP contribution in [0.25, 0.3) is 0 Å². The van der Waals surface area contributed by atoms with Gasteiger partial charge in [-0.15, -0.1) is 10.6 Å². The van der Waals surface area contributed by atoms with Crippen LogP contribution in [0.1, 0.15) is 20.3 Å². The molecule has 1 heterocycles. The first-order valence-electron chi connectivity index (χ1n) is 5.85. The lowest BCUT2D eigenvalue weighted by atomic mass is 10.1. The largest absolute Gasteiger partial charge is 0.390 e. The molecule has 18 heavy (non-hydrogen) atoms. The molecule has 0 unspecified atom stereocenters. The summed E-state index contributed by atoms with van der Waals surface area (Å²) >= 11 is 1.60. The zero-order valence-corrected chi connectivity index (χ0v) is 11.4. The number of hydrazine groups is 2. The molecule has 0 aliphatic carbocycles. The fourth-order valence-electron chi connectivity index (χ4n) is 1.46. The van der Waals surface area contributed by atoms with Crippen LogP contribution in [0.2, 0.25) is 0 Å². The molecule has 2 rings (SSSR count). The average molecular weight is 266 g/mol. The summed E-state index contributed by atoms with van der Waals surface area (Å²) in [5.41, 5.74) is 6.11. The van der Waals surface area contributed by atoms with Crippen molar-refractivity contribution in [3.63, 3.8) is 0 Å². The van der Waals surface area contributed by atoms with Crippen molar-refractivity contribution in [2.75, 3.05) is 10.8 Å². The Kier molecular flexibility index (Phi) is 4.11. The topological polar surface area (TPSA) is 59.9 Å². The quantitative estimate of drug-likeness (QED) is 0.774. The number of anilines is 1. The number of benzene rings is 1. The maximum Gasteiger partial charge on any atom is 0.205 e. The standard InChI is InChI=1S/C12H18N4OS/c1-12(2,17)8-9-18-11-13-14-15-16(11)10-6-4-3-5-7-10/h3-7,14-15,17H,8-9H2,1-2H3. The van der Waals surface area contributed by atoms with E-state index in [1.165, 1.54) is 0 Å².